The summed E-state index contributed by atoms with van der Waals surface area (Å²) >= 11 is 6.73. The fourth-order valence-electron chi connectivity index (χ4n) is 4.79. The van der Waals surface area contributed by atoms with Crippen molar-refractivity contribution in [2.45, 2.75) is 20.1 Å². The minimum Gasteiger partial charge on any atom is -0.487 e. The average molecular weight is 623 g/mol. The smallest absolute Gasteiger partial charge is 0.148 e. The second kappa shape index (κ2) is 12.7. The summed E-state index contributed by atoms with van der Waals surface area (Å²) in [7, 11) is 0.764. The van der Waals surface area contributed by atoms with Gasteiger partial charge >= 0.3 is 0 Å². The Bertz CT molecular complexity index is 1880. The molecule has 5 aromatic rings. The van der Waals surface area contributed by atoms with Crippen LogP contribution in [0.4, 0.5) is 15.8 Å². The third kappa shape index (κ3) is 7.33. The van der Waals surface area contributed by atoms with Gasteiger partial charge in [-0.15, -0.1) is 0 Å². The number of nitrogens with zero attached hydrogens (tertiary/aromatic N) is 4. The van der Waals surface area contributed by atoms with Crippen molar-refractivity contribution in [3.05, 3.63) is 101 Å². The molecule has 0 unspecified atom stereocenters. The number of furan rings is 1. The fraction of sp³-hybridized carbons (Fsp3) is 0.250. The summed E-state index contributed by atoms with van der Waals surface area (Å²) in [5, 5.41) is 9.88. The lowest BCUT2D eigenvalue weighted by molar-refractivity contribution is 0.305. The molecule has 2 heterocycles. The molecule has 0 radical (unpaired) electrons. The monoisotopic (exact) mass is 622 g/mol. The third-order valence-electron chi connectivity index (χ3n) is 7.16. The molecular formula is C32H32ClFN4O4S. The molecule has 0 atom stereocenters. The predicted molar refractivity (Wildman–Crippen MR) is 168 cm³/mol. The van der Waals surface area contributed by atoms with Crippen LogP contribution in [0.3, 0.4) is 0 Å². The fourth-order valence-corrected chi connectivity index (χ4v) is 5.65. The Morgan fingerprint density at radius 2 is 1.84 bits per heavy atom. The zero-order chi connectivity index (χ0) is 30.7. The summed E-state index contributed by atoms with van der Waals surface area (Å²) in [4.78, 5) is 3.92. The predicted octanol–water partition coefficient (Wildman–Crippen LogP) is 6.81. The van der Waals surface area contributed by atoms with E-state index in [4.69, 9.17) is 20.8 Å². The topological polar surface area (TPSA) is 88.8 Å². The molecule has 224 valence electrons. The number of ether oxygens (including phenoxy) is 1. The van der Waals surface area contributed by atoms with Gasteiger partial charge in [0.1, 0.15) is 39.5 Å². The molecule has 0 aliphatic carbocycles. The highest BCUT2D eigenvalue weighted by Crippen LogP contribution is 2.39. The number of hydrogen-bond donors (Lipinski definition) is 0. The minimum absolute atomic E-state index is 0.0917. The van der Waals surface area contributed by atoms with Gasteiger partial charge in [-0.1, -0.05) is 23.7 Å². The molecule has 43 heavy (non-hydrogen) atoms. The molecule has 3 aromatic carbocycles. The molecule has 0 spiro atoms. The van der Waals surface area contributed by atoms with Crippen LogP contribution in [0, 0.1) is 12.7 Å². The first-order valence-electron chi connectivity index (χ1n) is 13.6. The summed E-state index contributed by atoms with van der Waals surface area (Å²) in [6, 6.07) is 19.7. The van der Waals surface area contributed by atoms with Gasteiger partial charge in [-0.3, -0.25) is 4.90 Å². The summed E-state index contributed by atoms with van der Waals surface area (Å²) in [6.45, 7) is 3.02. The molecule has 0 saturated carbocycles. The normalized spacial score (nSPS) is 11.8. The second-order valence-electron chi connectivity index (χ2n) is 10.6. The summed E-state index contributed by atoms with van der Waals surface area (Å²) in [6.07, 6.45) is 2.94. The molecule has 0 saturated heterocycles. The lowest BCUT2D eigenvalue weighted by Gasteiger charge is -2.24. The maximum absolute atomic E-state index is 13.6. The van der Waals surface area contributed by atoms with Gasteiger partial charge in [-0.2, -0.15) is 10.2 Å². The van der Waals surface area contributed by atoms with Crippen LogP contribution in [0.15, 0.2) is 77.3 Å². The zero-order valence-electron chi connectivity index (χ0n) is 24.3. The van der Waals surface area contributed by atoms with Crippen LogP contribution in [0.2, 0.25) is 5.02 Å². The average Bonchev–Trinajstić information content (AvgIpc) is 3.44. The number of aromatic nitrogens is 2. The molecule has 0 fully saturated rings. The quantitative estimate of drug-likeness (QED) is 0.159. The van der Waals surface area contributed by atoms with Crippen molar-refractivity contribution in [1.82, 2.24) is 15.1 Å². The van der Waals surface area contributed by atoms with Gasteiger partial charge < -0.3 is 14.1 Å². The lowest BCUT2D eigenvalue weighted by Crippen LogP contribution is -2.24. The van der Waals surface area contributed by atoms with Crippen LogP contribution in [0.1, 0.15) is 16.9 Å². The summed E-state index contributed by atoms with van der Waals surface area (Å²) < 4.78 is 48.6. The van der Waals surface area contributed by atoms with Gasteiger partial charge in [-0.25, -0.2) is 12.8 Å². The van der Waals surface area contributed by atoms with E-state index < -0.39 is 9.84 Å². The first-order chi connectivity index (χ1) is 20.5. The Labute approximate surface area is 255 Å². The molecule has 0 aliphatic heterocycles. The van der Waals surface area contributed by atoms with Crippen LogP contribution < -0.4 is 9.64 Å². The van der Waals surface area contributed by atoms with E-state index in [0.717, 1.165) is 39.2 Å². The first kappa shape index (κ1) is 30.5. The van der Waals surface area contributed by atoms with E-state index in [-0.39, 0.29) is 18.2 Å². The van der Waals surface area contributed by atoms with Crippen LogP contribution in [-0.4, -0.2) is 56.2 Å². The largest absolute Gasteiger partial charge is 0.487 e. The van der Waals surface area contributed by atoms with Crippen LogP contribution in [0.25, 0.3) is 22.2 Å². The molecule has 8 nitrogen and oxygen atoms in total. The maximum atomic E-state index is 13.6. The lowest BCUT2D eigenvalue weighted by atomic mass is 10.1. The molecule has 2 aromatic heterocycles. The highest BCUT2D eigenvalue weighted by molar-refractivity contribution is 7.90. The van der Waals surface area contributed by atoms with Crippen molar-refractivity contribution in [3.63, 3.8) is 0 Å². The van der Waals surface area contributed by atoms with Crippen molar-refractivity contribution < 1.29 is 22.0 Å². The number of halogens is 2. The van der Waals surface area contributed by atoms with E-state index in [1.165, 1.54) is 18.4 Å². The molecule has 5 rings (SSSR count). The molecule has 0 bridgehead atoms. The van der Waals surface area contributed by atoms with E-state index in [9.17, 15) is 12.8 Å². The summed E-state index contributed by atoms with van der Waals surface area (Å²) in [5.74, 6) is 1.72. The third-order valence-corrected chi connectivity index (χ3v) is 8.56. The maximum Gasteiger partial charge on any atom is 0.148 e. The minimum atomic E-state index is -3.04. The van der Waals surface area contributed by atoms with Crippen LogP contribution in [0.5, 0.6) is 5.75 Å². The van der Waals surface area contributed by atoms with Crippen molar-refractivity contribution in [2.75, 3.05) is 37.5 Å². The van der Waals surface area contributed by atoms with E-state index >= 15 is 0 Å². The van der Waals surface area contributed by atoms with Crippen molar-refractivity contribution in [3.8, 4) is 17.1 Å². The van der Waals surface area contributed by atoms with Gasteiger partial charge in [0.2, 0.25) is 0 Å². The molecule has 0 aliphatic rings. The van der Waals surface area contributed by atoms with E-state index in [2.05, 4.69) is 10.2 Å². The van der Waals surface area contributed by atoms with E-state index in [0.29, 0.717) is 35.2 Å². The van der Waals surface area contributed by atoms with Crippen molar-refractivity contribution in [1.29, 1.82) is 0 Å². The Balaban J connectivity index is 1.37. The standard InChI is InChI=1S/C32H32ClFN4O4S/c1-21-28(11-13-31(32(21)33)41-20-22-6-5-7-24(34)16-22)38(3)29-18-35-36-27-10-8-23(17-26(27)29)30-12-9-25(42-30)19-37(2)14-15-43(4,39)40/h5-13,16-18H,14-15,19-20H2,1-4H3. The molecule has 0 amide bonds. The van der Waals surface area contributed by atoms with Gasteiger partial charge in [0.25, 0.3) is 0 Å². The highest BCUT2D eigenvalue weighted by atomic mass is 35.5. The molecule has 11 heteroatoms. The van der Waals surface area contributed by atoms with Gasteiger partial charge in [0, 0.05) is 36.5 Å². The van der Waals surface area contributed by atoms with E-state index in [1.807, 2.05) is 67.2 Å². The zero-order valence-corrected chi connectivity index (χ0v) is 25.9. The Hall–Kier alpha value is -3.99. The SMILES string of the molecule is Cc1c(N(C)c2cnnc3ccc(-c4ccc(CN(C)CCS(C)(=O)=O)o4)cc23)ccc(OCc2cccc(F)c2)c1Cl. The number of hydrogen-bond acceptors (Lipinski definition) is 8. The number of fused-ring (bicyclic) bond motifs is 1. The van der Waals surface area contributed by atoms with E-state index in [1.54, 1.807) is 24.4 Å². The van der Waals surface area contributed by atoms with Crippen molar-refractivity contribution >= 4 is 43.7 Å². The Morgan fingerprint density at radius 3 is 2.60 bits per heavy atom. The van der Waals surface area contributed by atoms with Crippen molar-refractivity contribution in [2.24, 2.45) is 0 Å². The number of rotatable bonds is 11. The molecular weight excluding hydrogens is 591 g/mol. The second-order valence-corrected chi connectivity index (χ2v) is 13.2. The molecule has 0 N–H and O–H groups in total. The number of sulfone groups is 1. The van der Waals surface area contributed by atoms with Gasteiger partial charge in [0.15, 0.2) is 0 Å². The van der Waals surface area contributed by atoms with Crippen LogP contribution >= 0.6 is 11.6 Å². The summed E-state index contributed by atoms with van der Waals surface area (Å²) in [5.41, 5.74) is 4.81. The van der Waals surface area contributed by atoms with Crippen LogP contribution in [-0.2, 0) is 23.0 Å². The van der Waals surface area contributed by atoms with Gasteiger partial charge in [0.05, 0.1) is 34.7 Å². The number of benzene rings is 3. The Morgan fingerprint density at radius 1 is 1.02 bits per heavy atom. The van der Waals surface area contributed by atoms with Gasteiger partial charge in [-0.05, 0) is 79.7 Å². The Kier molecular flexibility index (Phi) is 9.00. The highest BCUT2D eigenvalue weighted by Gasteiger charge is 2.18. The number of anilines is 2. The first-order valence-corrected chi connectivity index (χ1v) is 16.0.